The maximum atomic E-state index is 11.5. The zero-order chi connectivity index (χ0) is 11.7. The summed E-state index contributed by atoms with van der Waals surface area (Å²) in [5.74, 6) is -0.347. The molecule has 0 aliphatic heterocycles. The van der Waals surface area contributed by atoms with Crippen molar-refractivity contribution in [1.29, 1.82) is 0 Å². The van der Waals surface area contributed by atoms with Gasteiger partial charge in [0.15, 0.2) is 0 Å². The molecule has 16 heavy (non-hydrogen) atoms. The molecular weight excluding hydrogens is 218 g/mol. The standard InChI is InChI=1S/C13H13NOS/c1-8-11(10-6-4-3-5-7-10)12(13(14)15)9(2)16-8/h3-7H,1-2H3,(H2,14,15). The van der Waals surface area contributed by atoms with Gasteiger partial charge in [-0.15, -0.1) is 11.3 Å². The van der Waals surface area contributed by atoms with Gasteiger partial charge in [0.2, 0.25) is 5.91 Å². The zero-order valence-electron chi connectivity index (χ0n) is 9.28. The van der Waals surface area contributed by atoms with Crippen LogP contribution in [0.5, 0.6) is 0 Å². The van der Waals surface area contributed by atoms with E-state index in [0.717, 1.165) is 20.9 Å². The van der Waals surface area contributed by atoms with Gasteiger partial charge in [0, 0.05) is 15.3 Å². The molecular formula is C13H13NOS. The Labute approximate surface area is 98.7 Å². The Morgan fingerprint density at radius 3 is 2.31 bits per heavy atom. The van der Waals surface area contributed by atoms with Crippen LogP contribution in [0.3, 0.4) is 0 Å². The Bertz CT molecular complexity index is 528. The molecule has 2 aromatic rings. The fourth-order valence-corrected chi connectivity index (χ4v) is 3.02. The fraction of sp³-hybridized carbons (Fsp3) is 0.154. The average Bonchev–Trinajstić information content (AvgIpc) is 2.55. The Balaban J connectivity index is 2.69. The lowest BCUT2D eigenvalue weighted by molar-refractivity contribution is 0.100. The van der Waals surface area contributed by atoms with Crippen molar-refractivity contribution >= 4 is 17.2 Å². The van der Waals surface area contributed by atoms with Crippen molar-refractivity contribution in [3.05, 3.63) is 45.6 Å². The molecule has 0 bridgehead atoms. The summed E-state index contributed by atoms with van der Waals surface area (Å²) in [5.41, 5.74) is 8.13. The van der Waals surface area contributed by atoms with Crippen molar-refractivity contribution in [2.45, 2.75) is 13.8 Å². The number of benzene rings is 1. The van der Waals surface area contributed by atoms with Gasteiger partial charge in [-0.05, 0) is 19.4 Å². The van der Waals surface area contributed by atoms with E-state index < -0.39 is 0 Å². The molecule has 0 saturated carbocycles. The van der Waals surface area contributed by atoms with Crippen molar-refractivity contribution in [2.75, 3.05) is 0 Å². The molecule has 0 spiro atoms. The lowest BCUT2D eigenvalue weighted by atomic mass is 10.0. The maximum absolute atomic E-state index is 11.5. The number of aryl methyl sites for hydroxylation is 2. The van der Waals surface area contributed by atoms with Crippen molar-refractivity contribution < 1.29 is 4.79 Å². The summed E-state index contributed by atoms with van der Waals surface area (Å²) in [6, 6.07) is 9.89. The molecule has 2 rings (SSSR count). The highest BCUT2D eigenvalue weighted by molar-refractivity contribution is 7.12. The molecule has 82 valence electrons. The molecule has 2 N–H and O–H groups in total. The molecule has 1 aromatic heterocycles. The SMILES string of the molecule is Cc1sc(C)c(-c2ccccc2)c1C(N)=O. The van der Waals surface area contributed by atoms with Gasteiger partial charge in [0.25, 0.3) is 0 Å². The highest BCUT2D eigenvalue weighted by atomic mass is 32.1. The quantitative estimate of drug-likeness (QED) is 0.847. The second-order valence-corrected chi connectivity index (χ2v) is 5.12. The molecule has 0 unspecified atom stereocenters. The summed E-state index contributed by atoms with van der Waals surface area (Å²) >= 11 is 1.62. The molecule has 0 fully saturated rings. The van der Waals surface area contributed by atoms with E-state index in [1.54, 1.807) is 11.3 Å². The van der Waals surface area contributed by atoms with Crippen LogP contribution in [0.1, 0.15) is 20.1 Å². The Hall–Kier alpha value is -1.61. The van der Waals surface area contributed by atoms with E-state index >= 15 is 0 Å². The number of carbonyl (C=O) groups is 1. The van der Waals surface area contributed by atoms with E-state index in [4.69, 9.17) is 5.73 Å². The summed E-state index contributed by atoms with van der Waals surface area (Å²) in [6.07, 6.45) is 0. The molecule has 0 radical (unpaired) electrons. The first-order chi connectivity index (χ1) is 7.61. The van der Waals surface area contributed by atoms with Crippen molar-refractivity contribution in [3.63, 3.8) is 0 Å². The number of hydrogen-bond acceptors (Lipinski definition) is 2. The summed E-state index contributed by atoms with van der Waals surface area (Å²) < 4.78 is 0. The molecule has 0 aliphatic rings. The van der Waals surface area contributed by atoms with Crippen LogP contribution in [0.2, 0.25) is 0 Å². The van der Waals surface area contributed by atoms with Gasteiger partial charge in [-0.2, -0.15) is 0 Å². The number of hydrogen-bond donors (Lipinski definition) is 1. The molecule has 2 nitrogen and oxygen atoms in total. The smallest absolute Gasteiger partial charge is 0.250 e. The first-order valence-electron chi connectivity index (χ1n) is 5.06. The minimum atomic E-state index is -0.347. The summed E-state index contributed by atoms with van der Waals surface area (Å²) in [7, 11) is 0. The number of carbonyl (C=O) groups excluding carboxylic acids is 1. The molecule has 0 atom stereocenters. The van der Waals surface area contributed by atoms with Gasteiger partial charge in [-0.3, -0.25) is 4.79 Å². The van der Waals surface area contributed by atoms with Crippen LogP contribution >= 0.6 is 11.3 Å². The molecule has 1 aromatic carbocycles. The number of primary amides is 1. The second kappa shape index (κ2) is 4.10. The van der Waals surface area contributed by atoms with Crippen LogP contribution in [0.25, 0.3) is 11.1 Å². The van der Waals surface area contributed by atoms with Crippen LogP contribution in [-0.4, -0.2) is 5.91 Å². The van der Waals surface area contributed by atoms with E-state index in [1.165, 1.54) is 0 Å². The highest BCUT2D eigenvalue weighted by Crippen LogP contribution is 2.35. The second-order valence-electron chi connectivity index (χ2n) is 3.69. The minimum Gasteiger partial charge on any atom is -0.366 e. The minimum absolute atomic E-state index is 0.347. The predicted molar refractivity (Wildman–Crippen MR) is 67.7 cm³/mol. The monoisotopic (exact) mass is 231 g/mol. The number of nitrogens with two attached hydrogens (primary N) is 1. The third-order valence-corrected chi connectivity index (χ3v) is 3.59. The van der Waals surface area contributed by atoms with Crippen LogP contribution in [0.4, 0.5) is 0 Å². The van der Waals surface area contributed by atoms with Crippen molar-refractivity contribution in [2.24, 2.45) is 5.73 Å². The summed E-state index contributed by atoms with van der Waals surface area (Å²) in [4.78, 5) is 13.6. The summed E-state index contributed by atoms with van der Waals surface area (Å²) in [5, 5.41) is 0. The van der Waals surface area contributed by atoms with E-state index in [0.29, 0.717) is 5.56 Å². The van der Waals surface area contributed by atoms with Gasteiger partial charge in [0.05, 0.1) is 5.56 Å². The maximum Gasteiger partial charge on any atom is 0.250 e. The highest BCUT2D eigenvalue weighted by Gasteiger charge is 2.18. The van der Waals surface area contributed by atoms with Crippen LogP contribution in [-0.2, 0) is 0 Å². The van der Waals surface area contributed by atoms with Gasteiger partial charge in [-0.25, -0.2) is 0 Å². The number of amides is 1. The number of thiophene rings is 1. The topological polar surface area (TPSA) is 43.1 Å². The van der Waals surface area contributed by atoms with Crippen LogP contribution in [0.15, 0.2) is 30.3 Å². The molecule has 1 amide bonds. The Morgan fingerprint density at radius 2 is 1.75 bits per heavy atom. The third kappa shape index (κ3) is 1.74. The first kappa shape index (κ1) is 10.9. The normalized spacial score (nSPS) is 10.4. The van der Waals surface area contributed by atoms with Crippen LogP contribution in [0, 0.1) is 13.8 Å². The van der Waals surface area contributed by atoms with Gasteiger partial charge >= 0.3 is 0 Å². The van der Waals surface area contributed by atoms with E-state index in [9.17, 15) is 4.79 Å². The first-order valence-corrected chi connectivity index (χ1v) is 5.88. The molecule has 3 heteroatoms. The summed E-state index contributed by atoms with van der Waals surface area (Å²) in [6.45, 7) is 3.96. The predicted octanol–water partition coefficient (Wildman–Crippen LogP) is 3.13. The van der Waals surface area contributed by atoms with E-state index in [-0.39, 0.29) is 5.91 Å². The zero-order valence-corrected chi connectivity index (χ0v) is 10.1. The Morgan fingerprint density at radius 1 is 1.12 bits per heavy atom. The number of rotatable bonds is 2. The fourth-order valence-electron chi connectivity index (χ4n) is 1.93. The lowest BCUT2D eigenvalue weighted by Gasteiger charge is -2.03. The Kier molecular flexibility index (Phi) is 2.79. The van der Waals surface area contributed by atoms with Crippen molar-refractivity contribution in [3.8, 4) is 11.1 Å². The largest absolute Gasteiger partial charge is 0.366 e. The molecule has 1 heterocycles. The van der Waals surface area contributed by atoms with E-state index in [2.05, 4.69) is 0 Å². The van der Waals surface area contributed by atoms with Gasteiger partial charge < -0.3 is 5.73 Å². The average molecular weight is 231 g/mol. The molecule has 0 aliphatic carbocycles. The molecule has 0 saturated heterocycles. The third-order valence-electron chi connectivity index (χ3n) is 2.57. The van der Waals surface area contributed by atoms with E-state index in [1.807, 2.05) is 44.2 Å². The van der Waals surface area contributed by atoms with Crippen molar-refractivity contribution in [1.82, 2.24) is 0 Å². The lowest BCUT2D eigenvalue weighted by Crippen LogP contribution is -2.12. The van der Waals surface area contributed by atoms with Crippen LogP contribution < -0.4 is 5.73 Å². The van der Waals surface area contributed by atoms with Gasteiger partial charge in [0.1, 0.15) is 0 Å². The van der Waals surface area contributed by atoms with Gasteiger partial charge in [-0.1, -0.05) is 30.3 Å².